The maximum Gasteiger partial charge on any atom is 0.356 e. The molecule has 1 aliphatic rings. The van der Waals surface area contributed by atoms with Gasteiger partial charge in [0.25, 0.3) is 0 Å². The minimum atomic E-state index is -0.427. The fourth-order valence-electron chi connectivity index (χ4n) is 3.94. The van der Waals surface area contributed by atoms with E-state index >= 15 is 0 Å². The number of benzene rings is 2. The molecule has 0 atom stereocenters. The highest BCUT2D eigenvalue weighted by molar-refractivity contribution is 5.93. The van der Waals surface area contributed by atoms with E-state index < -0.39 is 5.97 Å². The van der Waals surface area contributed by atoms with Gasteiger partial charge in [0.05, 0.1) is 19.4 Å². The van der Waals surface area contributed by atoms with Gasteiger partial charge in [-0.2, -0.15) is 0 Å². The van der Waals surface area contributed by atoms with Gasteiger partial charge in [-0.15, -0.1) is 0 Å². The van der Waals surface area contributed by atoms with E-state index in [2.05, 4.69) is 34.2 Å². The van der Waals surface area contributed by atoms with Crippen molar-refractivity contribution in [1.29, 1.82) is 0 Å². The molecule has 0 unspecified atom stereocenters. The molecule has 0 bridgehead atoms. The van der Waals surface area contributed by atoms with Crippen LogP contribution in [-0.4, -0.2) is 29.7 Å². The Bertz CT molecular complexity index is 1210. The predicted molar refractivity (Wildman–Crippen MR) is 111 cm³/mol. The van der Waals surface area contributed by atoms with E-state index in [1.54, 1.807) is 6.07 Å². The first-order valence-electron chi connectivity index (χ1n) is 9.63. The van der Waals surface area contributed by atoms with Gasteiger partial charge in [0.1, 0.15) is 11.4 Å². The Hall–Kier alpha value is -3.60. The van der Waals surface area contributed by atoms with Crippen LogP contribution in [0.1, 0.15) is 27.3 Å². The number of rotatable bonds is 4. The predicted octanol–water partition coefficient (Wildman–Crippen LogP) is 4.54. The van der Waals surface area contributed by atoms with Crippen molar-refractivity contribution in [2.75, 3.05) is 13.7 Å². The number of aromatic nitrogens is 2. The first-order chi connectivity index (χ1) is 14.2. The number of nitrogens with zero attached hydrogens (tertiary/aromatic N) is 1. The molecule has 1 N–H and O–H groups in total. The van der Waals surface area contributed by atoms with Crippen LogP contribution >= 0.6 is 0 Å². The maximum absolute atomic E-state index is 11.9. The quantitative estimate of drug-likeness (QED) is 0.525. The molecule has 1 aliphatic heterocycles. The molecule has 2 aromatic carbocycles. The van der Waals surface area contributed by atoms with Crippen LogP contribution in [0.3, 0.4) is 0 Å². The molecule has 0 amide bonds. The fourth-order valence-corrected chi connectivity index (χ4v) is 3.94. The second-order valence-corrected chi connectivity index (χ2v) is 7.13. The van der Waals surface area contributed by atoms with Crippen molar-refractivity contribution in [3.63, 3.8) is 0 Å². The number of methoxy groups -OCH3 is 1. The van der Waals surface area contributed by atoms with Crippen molar-refractivity contribution in [2.24, 2.45) is 0 Å². The van der Waals surface area contributed by atoms with Gasteiger partial charge < -0.3 is 14.5 Å². The van der Waals surface area contributed by atoms with Crippen LogP contribution in [0, 0.1) is 0 Å². The Morgan fingerprint density at radius 2 is 2.00 bits per heavy atom. The lowest BCUT2D eigenvalue weighted by Gasteiger charge is -2.07. The molecular weight excluding hydrogens is 364 g/mol. The van der Waals surface area contributed by atoms with Crippen LogP contribution in [0.5, 0.6) is 5.75 Å². The summed E-state index contributed by atoms with van der Waals surface area (Å²) in [6, 6.07) is 20.0. The first-order valence-corrected chi connectivity index (χ1v) is 9.63. The number of hydrogen-bond donors (Lipinski definition) is 1. The molecular formula is C24H20N2O3. The summed E-state index contributed by atoms with van der Waals surface area (Å²) in [6.45, 7) is 0.728. The molecule has 0 saturated heterocycles. The summed E-state index contributed by atoms with van der Waals surface area (Å²) in [4.78, 5) is 20.0. The van der Waals surface area contributed by atoms with E-state index in [-0.39, 0.29) is 0 Å². The zero-order chi connectivity index (χ0) is 19.8. The number of hydrogen-bond acceptors (Lipinski definition) is 4. The number of esters is 1. The SMILES string of the molecule is COC(=O)c1cccc(Cc2c(-c3ccccc3)[nH]c3cc4c(cc23)CCO4)n1. The highest BCUT2D eigenvalue weighted by Crippen LogP contribution is 2.37. The van der Waals surface area contributed by atoms with Crippen LogP contribution in [0.2, 0.25) is 0 Å². The summed E-state index contributed by atoms with van der Waals surface area (Å²) in [5, 5.41) is 1.17. The van der Waals surface area contributed by atoms with Gasteiger partial charge in [0, 0.05) is 35.5 Å². The molecule has 5 rings (SSSR count). The number of carbonyl (C=O) groups is 1. The summed E-state index contributed by atoms with van der Waals surface area (Å²) in [7, 11) is 1.37. The fraction of sp³-hybridized carbons (Fsp3) is 0.167. The minimum absolute atomic E-state index is 0.320. The van der Waals surface area contributed by atoms with Gasteiger partial charge in [0.15, 0.2) is 0 Å². The van der Waals surface area contributed by atoms with E-state index in [4.69, 9.17) is 9.47 Å². The minimum Gasteiger partial charge on any atom is -0.493 e. The normalized spacial score (nSPS) is 12.6. The van der Waals surface area contributed by atoms with Crippen molar-refractivity contribution in [3.8, 4) is 17.0 Å². The van der Waals surface area contributed by atoms with Crippen LogP contribution in [0.15, 0.2) is 60.7 Å². The third-order valence-electron chi connectivity index (χ3n) is 5.34. The third kappa shape index (κ3) is 3.14. The second-order valence-electron chi connectivity index (χ2n) is 7.13. The number of aromatic amines is 1. The summed E-state index contributed by atoms with van der Waals surface area (Å²) < 4.78 is 10.6. The highest BCUT2D eigenvalue weighted by Gasteiger charge is 2.20. The molecule has 0 spiro atoms. The molecule has 5 heteroatoms. The highest BCUT2D eigenvalue weighted by atomic mass is 16.5. The van der Waals surface area contributed by atoms with Gasteiger partial charge in [-0.05, 0) is 34.9 Å². The van der Waals surface area contributed by atoms with E-state index in [0.29, 0.717) is 12.1 Å². The zero-order valence-corrected chi connectivity index (χ0v) is 16.1. The lowest BCUT2D eigenvalue weighted by Crippen LogP contribution is -2.06. The largest absolute Gasteiger partial charge is 0.493 e. The summed E-state index contributed by atoms with van der Waals surface area (Å²) in [6.07, 6.45) is 1.53. The van der Waals surface area contributed by atoms with E-state index in [1.165, 1.54) is 18.1 Å². The first kappa shape index (κ1) is 17.5. The lowest BCUT2D eigenvalue weighted by atomic mass is 9.99. The molecule has 0 fully saturated rings. The van der Waals surface area contributed by atoms with Crippen molar-refractivity contribution in [2.45, 2.75) is 12.8 Å². The number of fused-ring (bicyclic) bond motifs is 2. The Morgan fingerprint density at radius 3 is 2.83 bits per heavy atom. The van der Waals surface area contributed by atoms with Crippen molar-refractivity contribution >= 4 is 16.9 Å². The Balaban J connectivity index is 1.66. The van der Waals surface area contributed by atoms with Crippen LogP contribution in [0.4, 0.5) is 0 Å². The monoisotopic (exact) mass is 384 g/mol. The van der Waals surface area contributed by atoms with Crippen LogP contribution in [0.25, 0.3) is 22.2 Å². The number of H-pyrrole nitrogens is 1. The number of carbonyl (C=O) groups excluding carboxylic acids is 1. The number of nitrogens with one attached hydrogen (secondary N) is 1. The zero-order valence-electron chi connectivity index (χ0n) is 16.1. The molecule has 5 nitrogen and oxygen atoms in total. The summed E-state index contributed by atoms with van der Waals surface area (Å²) >= 11 is 0. The van der Waals surface area contributed by atoms with Gasteiger partial charge >= 0.3 is 5.97 Å². The Morgan fingerprint density at radius 1 is 1.14 bits per heavy atom. The van der Waals surface area contributed by atoms with E-state index in [9.17, 15) is 4.79 Å². The lowest BCUT2D eigenvalue weighted by molar-refractivity contribution is 0.0593. The summed E-state index contributed by atoms with van der Waals surface area (Å²) in [5.74, 6) is 0.528. The molecule has 29 heavy (non-hydrogen) atoms. The molecule has 0 radical (unpaired) electrons. The van der Waals surface area contributed by atoms with Gasteiger partial charge in [-0.1, -0.05) is 36.4 Å². The number of pyridine rings is 1. The van der Waals surface area contributed by atoms with E-state index in [0.717, 1.165) is 46.8 Å². The maximum atomic E-state index is 11.9. The molecule has 3 heterocycles. The van der Waals surface area contributed by atoms with Crippen molar-refractivity contribution < 1.29 is 14.3 Å². The molecule has 4 aromatic rings. The average molecular weight is 384 g/mol. The van der Waals surface area contributed by atoms with Crippen molar-refractivity contribution in [3.05, 3.63) is 83.2 Å². The Labute approximate surface area is 168 Å². The standard InChI is InChI=1S/C24H20N2O3/c1-28-24(27)20-9-5-8-17(25-20)13-19-18-12-16-10-11-29-22(16)14-21(18)26-23(19)15-6-3-2-4-7-15/h2-9,12,14,26H,10-11,13H2,1H3. The van der Waals surface area contributed by atoms with Gasteiger partial charge in [-0.3, -0.25) is 0 Å². The molecule has 0 aliphatic carbocycles. The van der Waals surface area contributed by atoms with Crippen LogP contribution < -0.4 is 4.74 Å². The third-order valence-corrected chi connectivity index (χ3v) is 5.34. The average Bonchev–Trinajstić information content (AvgIpc) is 3.36. The van der Waals surface area contributed by atoms with Gasteiger partial charge in [-0.25, -0.2) is 9.78 Å². The second kappa shape index (κ2) is 7.09. The smallest absolute Gasteiger partial charge is 0.356 e. The van der Waals surface area contributed by atoms with Crippen molar-refractivity contribution in [1.82, 2.24) is 9.97 Å². The van der Waals surface area contributed by atoms with E-state index in [1.807, 2.05) is 30.3 Å². The van der Waals surface area contributed by atoms with Crippen LogP contribution in [-0.2, 0) is 17.6 Å². The molecule has 144 valence electrons. The van der Waals surface area contributed by atoms with Gasteiger partial charge in [0.2, 0.25) is 0 Å². The summed E-state index contributed by atoms with van der Waals surface area (Å²) in [5.41, 5.74) is 6.76. The number of ether oxygens (including phenoxy) is 2. The topological polar surface area (TPSA) is 64.2 Å². The Kier molecular flexibility index (Phi) is 4.28. The molecule has 0 saturated carbocycles. The molecule has 2 aromatic heterocycles.